The van der Waals surface area contributed by atoms with Crippen LogP contribution in [0.15, 0.2) is 18.2 Å². The van der Waals surface area contributed by atoms with E-state index in [0.717, 1.165) is 12.1 Å². The Kier molecular flexibility index (Phi) is 3.91. The first-order valence-electron chi connectivity index (χ1n) is 7.17. The van der Waals surface area contributed by atoms with Crippen LogP contribution in [0.25, 0.3) is 0 Å². The first-order valence-corrected chi connectivity index (χ1v) is 7.17. The Morgan fingerprint density at radius 1 is 1.23 bits per heavy atom. The van der Waals surface area contributed by atoms with Crippen molar-refractivity contribution in [2.75, 3.05) is 13.2 Å². The molecule has 7 heteroatoms. The molecule has 0 saturated carbocycles. The number of fused-ring (bicyclic) bond motifs is 2. The van der Waals surface area contributed by atoms with Gasteiger partial charge in [-0.1, -0.05) is 6.07 Å². The van der Waals surface area contributed by atoms with E-state index in [9.17, 15) is 22.7 Å². The SMILES string of the molecule is OC1(Cc2ccc(C(F)(F)F)cc2F)CC2COCC(C1)N2. The summed E-state index contributed by atoms with van der Waals surface area (Å²) < 4.78 is 57.0. The van der Waals surface area contributed by atoms with Crippen LogP contribution in [0.2, 0.25) is 0 Å². The Balaban J connectivity index is 1.78. The molecule has 2 atom stereocenters. The van der Waals surface area contributed by atoms with Gasteiger partial charge in [0.1, 0.15) is 5.82 Å². The normalized spacial score (nSPS) is 32.0. The topological polar surface area (TPSA) is 41.5 Å². The lowest BCUT2D eigenvalue weighted by atomic mass is 9.79. The molecular formula is C15H17F4NO2. The van der Waals surface area contributed by atoms with Crippen molar-refractivity contribution in [1.29, 1.82) is 0 Å². The van der Waals surface area contributed by atoms with Crippen molar-refractivity contribution in [3.63, 3.8) is 0 Å². The molecule has 2 unspecified atom stereocenters. The molecule has 1 aromatic carbocycles. The molecule has 2 N–H and O–H groups in total. The highest BCUT2D eigenvalue weighted by atomic mass is 19.4. The number of piperidine rings is 1. The number of hydrogen-bond donors (Lipinski definition) is 2. The van der Waals surface area contributed by atoms with E-state index in [4.69, 9.17) is 4.74 Å². The quantitative estimate of drug-likeness (QED) is 0.822. The fraction of sp³-hybridized carbons (Fsp3) is 0.600. The third-order valence-electron chi connectivity index (χ3n) is 4.26. The van der Waals surface area contributed by atoms with E-state index < -0.39 is 23.2 Å². The molecule has 0 aromatic heterocycles. The zero-order valence-electron chi connectivity index (χ0n) is 11.8. The van der Waals surface area contributed by atoms with E-state index in [1.807, 2.05) is 0 Å². The Morgan fingerprint density at radius 3 is 2.41 bits per heavy atom. The third kappa shape index (κ3) is 3.26. The Bertz CT molecular complexity index is 549. The first-order chi connectivity index (χ1) is 10.3. The molecule has 0 amide bonds. The smallest absolute Gasteiger partial charge is 0.389 e. The van der Waals surface area contributed by atoms with Crippen LogP contribution in [0, 0.1) is 5.82 Å². The van der Waals surface area contributed by atoms with Gasteiger partial charge in [0.05, 0.1) is 24.4 Å². The monoisotopic (exact) mass is 319 g/mol. The van der Waals surface area contributed by atoms with Crippen molar-refractivity contribution in [1.82, 2.24) is 5.32 Å². The highest BCUT2D eigenvalue weighted by Crippen LogP contribution is 2.34. The number of ether oxygens (including phenoxy) is 1. The van der Waals surface area contributed by atoms with E-state index in [1.165, 1.54) is 0 Å². The van der Waals surface area contributed by atoms with E-state index in [1.54, 1.807) is 0 Å². The second kappa shape index (κ2) is 5.47. The maximum absolute atomic E-state index is 13.9. The van der Waals surface area contributed by atoms with Crippen LogP contribution in [0.4, 0.5) is 17.6 Å². The van der Waals surface area contributed by atoms with E-state index >= 15 is 0 Å². The summed E-state index contributed by atoms with van der Waals surface area (Å²) in [5.41, 5.74) is -2.03. The minimum atomic E-state index is -4.57. The van der Waals surface area contributed by atoms with E-state index in [0.29, 0.717) is 32.1 Å². The summed E-state index contributed by atoms with van der Waals surface area (Å²) in [5.74, 6) is -0.928. The molecule has 2 heterocycles. The van der Waals surface area contributed by atoms with Crippen molar-refractivity contribution in [3.05, 3.63) is 35.1 Å². The molecule has 2 aliphatic rings. The van der Waals surface area contributed by atoms with Crippen LogP contribution in [-0.2, 0) is 17.3 Å². The number of alkyl halides is 3. The Morgan fingerprint density at radius 2 is 1.86 bits per heavy atom. The molecule has 0 aliphatic carbocycles. The molecule has 0 radical (unpaired) electrons. The zero-order valence-corrected chi connectivity index (χ0v) is 11.8. The van der Waals surface area contributed by atoms with Crippen LogP contribution in [0.3, 0.4) is 0 Å². The third-order valence-corrected chi connectivity index (χ3v) is 4.26. The molecular weight excluding hydrogens is 302 g/mol. The minimum absolute atomic E-state index is 0.00462. The second-order valence-electron chi connectivity index (χ2n) is 6.21. The molecule has 22 heavy (non-hydrogen) atoms. The maximum atomic E-state index is 13.9. The van der Waals surface area contributed by atoms with E-state index in [2.05, 4.69) is 5.32 Å². The van der Waals surface area contributed by atoms with Crippen molar-refractivity contribution in [3.8, 4) is 0 Å². The van der Waals surface area contributed by atoms with Gasteiger partial charge in [-0.15, -0.1) is 0 Å². The predicted octanol–water partition coefficient (Wildman–Crippen LogP) is 2.27. The van der Waals surface area contributed by atoms with Crippen molar-refractivity contribution >= 4 is 0 Å². The fourth-order valence-electron chi connectivity index (χ4n) is 3.38. The van der Waals surface area contributed by atoms with Gasteiger partial charge < -0.3 is 15.2 Å². The number of benzene rings is 1. The Hall–Kier alpha value is -1.18. The van der Waals surface area contributed by atoms with Gasteiger partial charge in [0, 0.05) is 18.5 Å². The summed E-state index contributed by atoms with van der Waals surface area (Å²) >= 11 is 0. The summed E-state index contributed by atoms with van der Waals surface area (Å²) in [4.78, 5) is 0. The lowest BCUT2D eigenvalue weighted by molar-refractivity contribution is -0.137. The lowest BCUT2D eigenvalue weighted by Gasteiger charge is -2.45. The fourth-order valence-corrected chi connectivity index (χ4v) is 3.38. The molecule has 2 bridgehead atoms. The van der Waals surface area contributed by atoms with Crippen LogP contribution in [0.5, 0.6) is 0 Å². The summed E-state index contributed by atoms with van der Waals surface area (Å²) in [7, 11) is 0. The molecule has 1 aromatic rings. The highest BCUT2D eigenvalue weighted by molar-refractivity contribution is 5.28. The number of hydrogen-bond acceptors (Lipinski definition) is 3. The van der Waals surface area contributed by atoms with Gasteiger partial charge in [-0.2, -0.15) is 13.2 Å². The summed E-state index contributed by atoms with van der Waals surface area (Å²) in [6.07, 6.45) is -3.78. The van der Waals surface area contributed by atoms with Crippen LogP contribution < -0.4 is 5.32 Å². The van der Waals surface area contributed by atoms with Gasteiger partial charge in [0.15, 0.2) is 0 Å². The molecule has 3 rings (SSSR count). The Labute approximate surface area is 125 Å². The highest BCUT2D eigenvalue weighted by Gasteiger charge is 2.41. The van der Waals surface area contributed by atoms with Crippen molar-refractivity contribution in [2.45, 2.75) is 43.1 Å². The minimum Gasteiger partial charge on any atom is -0.389 e. The number of aliphatic hydroxyl groups is 1. The predicted molar refractivity (Wildman–Crippen MR) is 70.8 cm³/mol. The van der Waals surface area contributed by atoms with Gasteiger partial charge in [-0.25, -0.2) is 4.39 Å². The van der Waals surface area contributed by atoms with Gasteiger partial charge in [0.2, 0.25) is 0 Å². The standard InChI is InChI=1S/C15H17F4NO2/c16-13-3-10(15(17,18)19)2-1-9(13)4-14(21)5-11-7-22-8-12(6-14)20-11/h1-3,11-12,20-21H,4-8H2. The van der Waals surface area contributed by atoms with Gasteiger partial charge in [-0.05, 0) is 30.5 Å². The van der Waals surface area contributed by atoms with E-state index in [-0.39, 0.29) is 24.1 Å². The molecule has 122 valence electrons. The largest absolute Gasteiger partial charge is 0.416 e. The number of rotatable bonds is 2. The second-order valence-corrected chi connectivity index (χ2v) is 6.21. The molecule has 3 nitrogen and oxygen atoms in total. The van der Waals surface area contributed by atoms with Gasteiger partial charge >= 0.3 is 6.18 Å². The number of morpholine rings is 1. The lowest BCUT2D eigenvalue weighted by Crippen LogP contribution is -2.60. The summed E-state index contributed by atoms with van der Waals surface area (Å²) in [6.45, 7) is 0.961. The summed E-state index contributed by atoms with van der Waals surface area (Å²) in [5, 5.41) is 14.0. The van der Waals surface area contributed by atoms with Crippen LogP contribution in [0.1, 0.15) is 24.0 Å². The van der Waals surface area contributed by atoms with Crippen LogP contribution in [-0.4, -0.2) is 36.0 Å². The van der Waals surface area contributed by atoms with Crippen molar-refractivity contribution in [2.24, 2.45) is 0 Å². The number of halogens is 4. The molecule has 2 fully saturated rings. The van der Waals surface area contributed by atoms with Gasteiger partial charge in [0.25, 0.3) is 0 Å². The average Bonchev–Trinajstić information content (AvgIpc) is 2.39. The molecule has 2 saturated heterocycles. The number of nitrogens with one attached hydrogen (secondary N) is 1. The molecule has 2 aliphatic heterocycles. The zero-order chi connectivity index (χ0) is 16.0. The maximum Gasteiger partial charge on any atom is 0.416 e. The first kappa shape index (κ1) is 15.7. The summed E-state index contributed by atoms with van der Waals surface area (Å²) in [6, 6.07) is 2.45. The van der Waals surface area contributed by atoms with Crippen LogP contribution >= 0.6 is 0 Å². The van der Waals surface area contributed by atoms with Crippen molar-refractivity contribution < 1.29 is 27.4 Å². The molecule has 0 spiro atoms. The van der Waals surface area contributed by atoms with Gasteiger partial charge in [-0.3, -0.25) is 0 Å². The average molecular weight is 319 g/mol.